The van der Waals surface area contributed by atoms with E-state index >= 15 is 0 Å². The van der Waals surface area contributed by atoms with Crippen molar-refractivity contribution >= 4 is 17.6 Å². The first-order chi connectivity index (χ1) is 14.5. The predicted octanol–water partition coefficient (Wildman–Crippen LogP) is 3.83. The molecule has 2 heterocycles. The van der Waals surface area contributed by atoms with Crippen molar-refractivity contribution in [3.05, 3.63) is 89.4 Å². The number of carbonyl (C=O) groups excluding carboxylic acids is 2. The highest BCUT2D eigenvalue weighted by atomic mass is 16.5. The standard InChI is InChI=1S/C23H20N2O5/c1-15-4-6-16(7-5-15)19-13-20(21-3-2-12-29-21)25(24-19)22(27)14-30-23(28)17-8-10-18(26)11-9-17/h2-12,20,26H,13-14H2,1H3. The Hall–Kier alpha value is -3.87. The van der Waals surface area contributed by atoms with Crippen LogP contribution in [0.5, 0.6) is 5.75 Å². The van der Waals surface area contributed by atoms with Crippen molar-refractivity contribution in [2.75, 3.05) is 6.61 Å². The first kappa shape index (κ1) is 19.4. The molecule has 0 aliphatic carbocycles. The number of aromatic hydroxyl groups is 1. The summed E-state index contributed by atoms with van der Waals surface area (Å²) in [6.45, 7) is 1.55. The SMILES string of the molecule is Cc1ccc(C2=NN(C(=O)COC(=O)c3ccc(O)cc3)C(c3ccco3)C2)cc1. The molecule has 7 nitrogen and oxygen atoms in total. The first-order valence-electron chi connectivity index (χ1n) is 9.47. The molecule has 0 saturated carbocycles. The molecule has 1 aromatic heterocycles. The average Bonchev–Trinajstić information content (AvgIpc) is 3.43. The second-order valence-electron chi connectivity index (χ2n) is 7.01. The number of amides is 1. The van der Waals surface area contributed by atoms with Gasteiger partial charge in [0, 0.05) is 6.42 Å². The molecule has 7 heteroatoms. The summed E-state index contributed by atoms with van der Waals surface area (Å²) in [6.07, 6.45) is 2.04. The zero-order valence-corrected chi connectivity index (χ0v) is 16.3. The highest BCUT2D eigenvalue weighted by Gasteiger charge is 2.35. The van der Waals surface area contributed by atoms with Crippen molar-refractivity contribution in [3.63, 3.8) is 0 Å². The Morgan fingerprint density at radius 2 is 1.87 bits per heavy atom. The van der Waals surface area contributed by atoms with Crippen molar-refractivity contribution in [3.8, 4) is 5.75 Å². The van der Waals surface area contributed by atoms with Gasteiger partial charge in [-0.25, -0.2) is 9.80 Å². The minimum Gasteiger partial charge on any atom is -0.508 e. The number of hydrogen-bond acceptors (Lipinski definition) is 6. The Bertz CT molecular complexity index is 1070. The van der Waals surface area contributed by atoms with E-state index in [0.29, 0.717) is 12.2 Å². The van der Waals surface area contributed by atoms with E-state index in [1.165, 1.54) is 29.3 Å². The Kier molecular flexibility index (Phi) is 5.34. The fourth-order valence-corrected chi connectivity index (χ4v) is 3.24. The molecule has 0 bridgehead atoms. The third-order valence-corrected chi connectivity index (χ3v) is 4.85. The van der Waals surface area contributed by atoms with Crippen molar-refractivity contribution in [1.29, 1.82) is 0 Å². The van der Waals surface area contributed by atoms with Crippen LogP contribution in [-0.2, 0) is 9.53 Å². The Balaban J connectivity index is 1.50. The van der Waals surface area contributed by atoms with Crippen LogP contribution in [0.2, 0.25) is 0 Å². The molecule has 1 N–H and O–H groups in total. The van der Waals surface area contributed by atoms with E-state index in [4.69, 9.17) is 9.15 Å². The second-order valence-corrected chi connectivity index (χ2v) is 7.01. The summed E-state index contributed by atoms with van der Waals surface area (Å²) in [4.78, 5) is 25.0. The van der Waals surface area contributed by atoms with Gasteiger partial charge in [-0.15, -0.1) is 0 Å². The number of esters is 1. The number of furan rings is 1. The molecule has 1 amide bonds. The molecule has 0 saturated heterocycles. The van der Waals surface area contributed by atoms with Crippen LogP contribution >= 0.6 is 0 Å². The van der Waals surface area contributed by atoms with E-state index in [2.05, 4.69) is 5.10 Å². The second kappa shape index (κ2) is 8.24. The number of hydrogen-bond donors (Lipinski definition) is 1. The lowest BCUT2D eigenvalue weighted by molar-refractivity contribution is -0.136. The normalized spacial score (nSPS) is 15.7. The third kappa shape index (κ3) is 4.10. The van der Waals surface area contributed by atoms with Gasteiger partial charge < -0.3 is 14.3 Å². The topological polar surface area (TPSA) is 92.3 Å². The number of benzene rings is 2. The fraction of sp³-hybridized carbons (Fsp3) is 0.174. The van der Waals surface area contributed by atoms with Gasteiger partial charge in [-0.1, -0.05) is 29.8 Å². The van der Waals surface area contributed by atoms with Gasteiger partial charge in [-0.3, -0.25) is 4.79 Å². The van der Waals surface area contributed by atoms with Crippen LogP contribution in [0.25, 0.3) is 0 Å². The van der Waals surface area contributed by atoms with Gasteiger partial charge in [0.15, 0.2) is 6.61 Å². The number of nitrogens with zero attached hydrogens (tertiary/aromatic N) is 2. The molecule has 30 heavy (non-hydrogen) atoms. The number of rotatable bonds is 5. The number of carbonyl (C=O) groups is 2. The molecule has 1 aliphatic rings. The van der Waals surface area contributed by atoms with Gasteiger partial charge >= 0.3 is 5.97 Å². The summed E-state index contributed by atoms with van der Waals surface area (Å²) in [6, 6.07) is 16.7. The van der Waals surface area contributed by atoms with Gasteiger partial charge in [-0.05, 0) is 48.9 Å². The number of aryl methyl sites for hydroxylation is 1. The van der Waals surface area contributed by atoms with Crippen molar-refractivity contribution in [1.82, 2.24) is 5.01 Å². The summed E-state index contributed by atoms with van der Waals surface area (Å²) < 4.78 is 10.7. The summed E-state index contributed by atoms with van der Waals surface area (Å²) in [7, 11) is 0. The lowest BCUT2D eigenvalue weighted by atomic mass is 10.0. The zero-order chi connectivity index (χ0) is 21.1. The maximum absolute atomic E-state index is 12.8. The summed E-state index contributed by atoms with van der Waals surface area (Å²) >= 11 is 0. The number of hydrazone groups is 1. The van der Waals surface area contributed by atoms with Gasteiger partial charge in [0.2, 0.25) is 0 Å². The van der Waals surface area contributed by atoms with E-state index in [1.54, 1.807) is 18.4 Å². The first-order valence-corrected chi connectivity index (χ1v) is 9.47. The summed E-state index contributed by atoms with van der Waals surface area (Å²) in [5, 5.41) is 15.1. The lowest BCUT2D eigenvalue weighted by Crippen LogP contribution is -2.31. The average molecular weight is 404 g/mol. The molecule has 0 spiro atoms. The number of ether oxygens (including phenoxy) is 1. The van der Waals surface area contributed by atoms with Crippen LogP contribution in [-0.4, -0.2) is 34.3 Å². The van der Waals surface area contributed by atoms with Crippen LogP contribution in [0.4, 0.5) is 0 Å². The maximum atomic E-state index is 12.8. The molecule has 1 aliphatic heterocycles. The molecule has 152 valence electrons. The molecule has 1 unspecified atom stereocenters. The van der Waals surface area contributed by atoms with Crippen LogP contribution in [0.15, 0.2) is 76.4 Å². The van der Waals surface area contributed by atoms with Gasteiger partial charge in [0.25, 0.3) is 5.91 Å². The Morgan fingerprint density at radius 3 is 2.53 bits per heavy atom. The predicted molar refractivity (Wildman–Crippen MR) is 109 cm³/mol. The minimum atomic E-state index is -0.653. The van der Waals surface area contributed by atoms with Gasteiger partial charge in [-0.2, -0.15) is 5.10 Å². The molecular weight excluding hydrogens is 384 g/mol. The Morgan fingerprint density at radius 1 is 1.13 bits per heavy atom. The van der Waals surface area contributed by atoms with E-state index in [1.807, 2.05) is 31.2 Å². The van der Waals surface area contributed by atoms with E-state index in [0.717, 1.165) is 16.8 Å². The summed E-state index contributed by atoms with van der Waals surface area (Å²) in [5.41, 5.74) is 3.06. The molecule has 0 fully saturated rings. The molecule has 3 aromatic rings. The third-order valence-electron chi connectivity index (χ3n) is 4.85. The minimum absolute atomic E-state index is 0.0407. The Labute approximate surface area is 173 Å². The molecular formula is C23H20N2O5. The largest absolute Gasteiger partial charge is 0.508 e. The van der Waals surface area contributed by atoms with Gasteiger partial charge in [0.1, 0.15) is 17.6 Å². The van der Waals surface area contributed by atoms with Crippen LogP contribution in [0, 0.1) is 6.92 Å². The molecule has 1 atom stereocenters. The summed E-state index contributed by atoms with van der Waals surface area (Å²) in [5.74, 6) is -0.455. The van der Waals surface area contributed by atoms with E-state index in [-0.39, 0.29) is 11.3 Å². The molecule has 4 rings (SSSR count). The van der Waals surface area contributed by atoms with Crippen molar-refractivity contribution in [2.45, 2.75) is 19.4 Å². The quantitative estimate of drug-likeness (QED) is 0.653. The van der Waals surface area contributed by atoms with Gasteiger partial charge in [0.05, 0.1) is 17.5 Å². The molecule has 2 aromatic carbocycles. The number of phenols is 1. The highest BCUT2D eigenvalue weighted by Crippen LogP contribution is 2.33. The van der Waals surface area contributed by atoms with Crippen molar-refractivity contribution < 1.29 is 23.8 Å². The van der Waals surface area contributed by atoms with Crippen LogP contribution in [0.3, 0.4) is 0 Å². The number of phenolic OH excluding ortho intramolecular Hbond substituents is 1. The maximum Gasteiger partial charge on any atom is 0.338 e. The zero-order valence-electron chi connectivity index (χ0n) is 16.3. The fourth-order valence-electron chi connectivity index (χ4n) is 3.24. The van der Waals surface area contributed by atoms with Crippen LogP contribution < -0.4 is 0 Å². The highest BCUT2D eigenvalue weighted by molar-refractivity contribution is 6.03. The van der Waals surface area contributed by atoms with Crippen LogP contribution in [0.1, 0.15) is 39.7 Å². The molecule has 0 radical (unpaired) electrons. The monoisotopic (exact) mass is 404 g/mol. The van der Waals surface area contributed by atoms with Crippen molar-refractivity contribution in [2.24, 2.45) is 5.10 Å². The van der Waals surface area contributed by atoms with E-state index in [9.17, 15) is 14.7 Å². The smallest absolute Gasteiger partial charge is 0.338 e. The lowest BCUT2D eigenvalue weighted by Gasteiger charge is -2.19. The van der Waals surface area contributed by atoms with E-state index < -0.39 is 24.5 Å².